The van der Waals surface area contributed by atoms with E-state index in [0.29, 0.717) is 5.88 Å². The molecule has 144 valence electrons. The Hall–Kier alpha value is -2.82. The molecule has 0 radical (unpaired) electrons. The van der Waals surface area contributed by atoms with Crippen molar-refractivity contribution in [3.8, 4) is 5.88 Å². The summed E-state index contributed by atoms with van der Waals surface area (Å²) in [5.41, 5.74) is 6.65. The van der Waals surface area contributed by atoms with E-state index in [2.05, 4.69) is 46.0 Å². The molecule has 0 spiro atoms. The minimum atomic E-state index is 0.657. The number of aromatic nitrogens is 2. The van der Waals surface area contributed by atoms with Crippen molar-refractivity contribution in [2.24, 2.45) is 0 Å². The number of hydrogen-bond acceptors (Lipinski definition) is 5. The molecule has 0 bridgehead atoms. The monoisotopic (exact) mass is 374 g/mol. The fourth-order valence-electron chi connectivity index (χ4n) is 4.48. The molecule has 2 aromatic heterocycles. The standard InChI is InChI=1S/C23H26N4O/c1-16-12-22(25-21-14-18-5-3-4-17(18)13-20(16)21)27-10-8-26(9-11-27)19-6-7-23(28-2)24-15-19/h6-7,12-15H,3-5,8-11H2,1-2H3. The molecule has 0 amide bonds. The van der Waals surface area contributed by atoms with Crippen LogP contribution in [0.3, 0.4) is 0 Å². The molecule has 0 unspecified atom stereocenters. The third-order valence-corrected chi connectivity index (χ3v) is 6.11. The molecule has 1 aliphatic carbocycles. The van der Waals surface area contributed by atoms with Gasteiger partial charge in [-0.05, 0) is 67.1 Å². The first kappa shape index (κ1) is 17.3. The van der Waals surface area contributed by atoms with E-state index in [4.69, 9.17) is 9.72 Å². The predicted octanol–water partition coefficient (Wildman–Crippen LogP) is 3.76. The van der Waals surface area contributed by atoms with Crippen LogP contribution in [0.25, 0.3) is 10.9 Å². The molecule has 1 saturated heterocycles. The zero-order valence-corrected chi connectivity index (χ0v) is 16.6. The van der Waals surface area contributed by atoms with Gasteiger partial charge in [-0.1, -0.05) is 0 Å². The summed E-state index contributed by atoms with van der Waals surface area (Å²) in [6, 6.07) is 11.0. The molecule has 28 heavy (non-hydrogen) atoms. The van der Waals surface area contributed by atoms with Gasteiger partial charge < -0.3 is 14.5 Å². The number of methoxy groups -OCH3 is 1. The first-order valence-electron chi connectivity index (χ1n) is 10.1. The van der Waals surface area contributed by atoms with Crippen LogP contribution in [0.15, 0.2) is 36.5 Å². The number of ether oxygens (including phenoxy) is 1. The number of fused-ring (bicyclic) bond motifs is 2. The van der Waals surface area contributed by atoms with Crippen LogP contribution >= 0.6 is 0 Å². The Labute approximate surface area is 166 Å². The third-order valence-electron chi connectivity index (χ3n) is 6.11. The van der Waals surface area contributed by atoms with Crippen LogP contribution in [0, 0.1) is 6.92 Å². The maximum Gasteiger partial charge on any atom is 0.213 e. The highest BCUT2D eigenvalue weighted by Gasteiger charge is 2.20. The number of nitrogens with zero attached hydrogens (tertiary/aromatic N) is 4. The van der Waals surface area contributed by atoms with Gasteiger partial charge in [-0.2, -0.15) is 0 Å². The normalized spacial score (nSPS) is 16.5. The minimum Gasteiger partial charge on any atom is -0.481 e. The Morgan fingerprint density at radius 3 is 2.39 bits per heavy atom. The quantitative estimate of drug-likeness (QED) is 0.698. The average molecular weight is 374 g/mol. The second-order valence-electron chi connectivity index (χ2n) is 7.82. The number of piperazine rings is 1. The number of hydrogen-bond donors (Lipinski definition) is 0. The highest BCUT2D eigenvalue weighted by atomic mass is 16.5. The first-order valence-corrected chi connectivity index (χ1v) is 10.1. The molecule has 1 aromatic carbocycles. The fraction of sp³-hybridized carbons (Fsp3) is 0.391. The molecule has 1 aliphatic heterocycles. The summed E-state index contributed by atoms with van der Waals surface area (Å²) in [5, 5.41) is 1.31. The van der Waals surface area contributed by atoms with Gasteiger partial charge in [0.25, 0.3) is 0 Å². The summed E-state index contributed by atoms with van der Waals surface area (Å²) < 4.78 is 5.16. The van der Waals surface area contributed by atoms with Crippen molar-refractivity contribution in [3.05, 3.63) is 53.2 Å². The van der Waals surface area contributed by atoms with Crippen molar-refractivity contribution in [2.45, 2.75) is 26.2 Å². The van der Waals surface area contributed by atoms with Gasteiger partial charge in [-0.15, -0.1) is 0 Å². The predicted molar refractivity (Wildman–Crippen MR) is 114 cm³/mol. The van der Waals surface area contributed by atoms with Crippen LogP contribution in [-0.2, 0) is 12.8 Å². The maximum atomic E-state index is 5.16. The largest absolute Gasteiger partial charge is 0.481 e. The van der Waals surface area contributed by atoms with E-state index in [1.165, 1.54) is 41.3 Å². The summed E-state index contributed by atoms with van der Waals surface area (Å²) in [4.78, 5) is 14.2. The lowest BCUT2D eigenvalue weighted by molar-refractivity contribution is 0.398. The van der Waals surface area contributed by atoms with Gasteiger partial charge in [0.05, 0.1) is 24.5 Å². The summed E-state index contributed by atoms with van der Waals surface area (Å²) in [6.45, 7) is 6.09. The van der Waals surface area contributed by atoms with Crippen LogP contribution in [0.2, 0.25) is 0 Å². The number of aryl methyl sites for hydroxylation is 3. The molecular formula is C23H26N4O. The minimum absolute atomic E-state index is 0.657. The van der Waals surface area contributed by atoms with Crippen LogP contribution in [0.5, 0.6) is 5.88 Å². The van der Waals surface area contributed by atoms with Crippen molar-refractivity contribution in [1.82, 2.24) is 9.97 Å². The lowest BCUT2D eigenvalue weighted by Gasteiger charge is -2.36. The Bertz CT molecular complexity index is 1010. The van der Waals surface area contributed by atoms with Crippen molar-refractivity contribution in [3.63, 3.8) is 0 Å². The number of benzene rings is 1. The van der Waals surface area contributed by atoms with E-state index in [0.717, 1.165) is 43.2 Å². The SMILES string of the molecule is COc1ccc(N2CCN(c3cc(C)c4cc5c(cc4n3)CCC5)CC2)cn1. The van der Waals surface area contributed by atoms with E-state index in [1.807, 2.05) is 12.3 Å². The number of pyridine rings is 2. The lowest BCUT2D eigenvalue weighted by atomic mass is 10.0. The molecule has 5 nitrogen and oxygen atoms in total. The topological polar surface area (TPSA) is 41.5 Å². The zero-order chi connectivity index (χ0) is 19.1. The van der Waals surface area contributed by atoms with Gasteiger partial charge >= 0.3 is 0 Å². The molecule has 3 heterocycles. The summed E-state index contributed by atoms with van der Waals surface area (Å²) in [6.07, 6.45) is 5.59. The Balaban J connectivity index is 1.35. The second kappa shape index (κ2) is 6.97. The highest BCUT2D eigenvalue weighted by Crippen LogP contribution is 2.30. The fourth-order valence-corrected chi connectivity index (χ4v) is 4.48. The molecule has 1 fully saturated rings. The molecular weight excluding hydrogens is 348 g/mol. The maximum absolute atomic E-state index is 5.16. The number of rotatable bonds is 3. The highest BCUT2D eigenvalue weighted by molar-refractivity contribution is 5.85. The summed E-state index contributed by atoms with van der Waals surface area (Å²) in [7, 11) is 1.65. The molecule has 0 saturated carbocycles. The first-order chi connectivity index (χ1) is 13.7. The van der Waals surface area contributed by atoms with Crippen LogP contribution in [0.1, 0.15) is 23.1 Å². The van der Waals surface area contributed by atoms with Crippen LogP contribution in [0.4, 0.5) is 11.5 Å². The second-order valence-corrected chi connectivity index (χ2v) is 7.82. The smallest absolute Gasteiger partial charge is 0.213 e. The number of anilines is 2. The van der Waals surface area contributed by atoms with Gasteiger partial charge in [-0.3, -0.25) is 0 Å². The van der Waals surface area contributed by atoms with Crippen LogP contribution < -0.4 is 14.5 Å². The summed E-state index contributed by atoms with van der Waals surface area (Å²) >= 11 is 0. The molecule has 0 N–H and O–H groups in total. The average Bonchev–Trinajstić information content (AvgIpc) is 3.20. The summed E-state index contributed by atoms with van der Waals surface area (Å²) in [5.74, 6) is 1.76. The van der Waals surface area contributed by atoms with E-state index in [-0.39, 0.29) is 0 Å². The Kier molecular flexibility index (Phi) is 4.30. The Morgan fingerprint density at radius 2 is 1.68 bits per heavy atom. The van der Waals surface area contributed by atoms with Gasteiger partial charge in [0.15, 0.2) is 0 Å². The zero-order valence-electron chi connectivity index (χ0n) is 16.6. The van der Waals surface area contributed by atoms with E-state index in [9.17, 15) is 0 Å². The van der Waals surface area contributed by atoms with Crippen molar-refractivity contribution < 1.29 is 4.74 Å². The van der Waals surface area contributed by atoms with Crippen LogP contribution in [-0.4, -0.2) is 43.3 Å². The lowest BCUT2D eigenvalue weighted by Crippen LogP contribution is -2.46. The van der Waals surface area contributed by atoms with Gasteiger partial charge in [0.2, 0.25) is 5.88 Å². The van der Waals surface area contributed by atoms with E-state index >= 15 is 0 Å². The van der Waals surface area contributed by atoms with Crippen molar-refractivity contribution in [2.75, 3.05) is 43.1 Å². The molecule has 2 aliphatic rings. The van der Waals surface area contributed by atoms with Crippen molar-refractivity contribution in [1.29, 1.82) is 0 Å². The van der Waals surface area contributed by atoms with Crippen molar-refractivity contribution >= 4 is 22.4 Å². The van der Waals surface area contributed by atoms with Gasteiger partial charge in [-0.25, -0.2) is 9.97 Å². The van der Waals surface area contributed by atoms with E-state index in [1.54, 1.807) is 7.11 Å². The Morgan fingerprint density at radius 1 is 0.929 bits per heavy atom. The molecule has 0 atom stereocenters. The van der Waals surface area contributed by atoms with Gasteiger partial charge in [0, 0.05) is 37.6 Å². The molecule has 5 heteroatoms. The van der Waals surface area contributed by atoms with Gasteiger partial charge in [0.1, 0.15) is 5.82 Å². The van der Waals surface area contributed by atoms with E-state index < -0.39 is 0 Å². The molecule has 5 rings (SSSR count). The third kappa shape index (κ3) is 3.05. The molecule has 3 aromatic rings.